The molecule has 0 radical (unpaired) electrons. The number of aromatic nitrogens is 1. The predicted molar refractivity (Wildman–Crippen MR) is 150 cm³/mol. The maximum Gasteiger partial charge on any atom is 0.322 e. The van der Waals surface area contributed by atoms with Crippen molar-refractivity contribution in [1.82, 2.24) is 10.3 Å². The van der Waals surface area contributed by atoms with Gasteiger partial charge in [-0.3, -0.25) is 14.4 Å². The molecule has 8 nitrogen and oxygen atoms in total. The lowest BCUT2D eigenvalue weighted by atomic mass is 9.98. The maximum atomic E-state index is 12.7. The van der Waals surface area contributed by atoms with Crippen molar-refractivity contribution in [2.75, 3.05) is 17.6 Å². The third-order valence-corrected chi connectivity index (χ3v) is 6.68. The normalized spacial score (nSPS) is 10.4. The highest BCUT2D eigenvalue weighted by Gasteiger charge is 2.17. The summed E-state index contributed by atoms with van der Waals surface area (Å²) in [6.07, 6.45) is 0. The Kier molecular flexibility index (Phi) is 8.71. The highest BCUT2D eigenvalue weighted by atomic mass is 32.2. The largest absolute Gasteiger partial charge is 0.480 e. The highest BCUT2D eigenvalue weighted by molar-refractivity contribution is 8.00. The monoisotopic (exact) mass is 536 g/mol. The molecule has 0 saturated carbocycles. The Labute approximate surface area is 229 Å². The van der Waals surface area contributed by atoms with Crippen LogP contribution in [0.1, 0.15) is 21.5 Å². The van der Waals surface area contributed by atoms with Gasteiger partial charge in [-0.2, -0.15) is 5.26 Å². The molecule has 0 bridgehead atoms. The molecule has 1 aromatic heterocycles. The Hall–Kier alpha value is -4.94. The van der Waals surface area contributed by atoms with E-state index in [0.717, 1.165) is 22.3 Å². The molecule has 0 aliphatic rings. The van der Waals surface area contributed by atoms with Gasteiger partial charge in [-0.15, -0.1) is 0 Å². The standard InChI is InChI=1S/C30H24N4O4S/c1-19-7-9-20(10-8-19)24-15-26(21-5-3-2-4-6-21)34-30(25(24)16-31)39-18-27(35)33-23-13-11-22(12-14-23)29(38)32-17-28(36)37/h2-15H,17-18H2,1H3,(H,32,38)(H,33,35)(H,36,37). The zero-order chi connectivity index (χ0) is 27.8. The van der Waals surface area contributed by atoms with Crippen LogP contribution in [0.4, 0.5) is 5.69 Å². The van der Waals surface area contributed by atoms with Gasteiger partial charge in [0.05, 0.1) is 17.0 Å². The van der Waals surface area contributed by atoms with Crippen LogP contribution >= 0.6 is 11.8 Å². The number of nitrogens with one attached hydrogen (secondary N) is 2. The topological polar surface area (TPSA) is 132 Å². The molecule has 3 aromatic carbocycles. The van der Waals surface area contributed by atoms with Gasteiger partial charge < -0.3 is 15.7 Å². The molecule has 0 spiro atoms. The number of hydrogen-bond acceptors (Lipinski definition) is 6. The Balaban J connectivity index is 1.53. The molecule has 1 heterocycles. The van der Waals surface area contributed by atoms with E-state index in [1.807, 2.05) is 67.6 Å². The number of carbonyl (C=O) groups is 3. The third-order valence-electron chi connectivity index (χ3n) is 5.70. The number of nitrogens with zero attached hydrogens (tertiary/aromatic N) is 2. The van der Waals surface area contributed by atoms with E-state index in [4.69, 9.17) is 10.1 Å². The van der Waals surface area contributed by atoms with Crippen LogP contribution in [-0.4, -0.2) is 40.2 Å². The molecule has 2 amide bonds. The zero-order valence-electron chi connectivity index (χ0n) is 21.0. The van der Waals surface area contributed by atoms with Gasteiger partial charge in [-0.05, 0) is 42.8 Å². The molecule has 0 aliphatic heterocycles. The fourth-order valence-corrected chi connectivity index (χ4v) is 4.55. The van der Waals surface area contributed by atoms with Crippen LogP contribution in [0.15, 0.2) is 90.0 Å². The number of benzene rings is 3. The van der Waals surface area contributed by atoms with Crippen molar-refractivity contribution in [3.63, 3.8) is 0 Å². The molecule has 3 N–H and O–H groups in total. The minimum atomic E-state index is -1.14. The number of aliphatic carboxylic acids is 1. The van der Waals surface area contributed by atoms with Crippen molar-refractivity contribution < 1.29 is 19.5 Å². The summed E-state index contributed by atoms with van der Waals surface area (Å²) in [5.41, 5.74) is 5.47. The molecule has 0 saturated heterocycles. The quantitative estimate of drug-likeness (QED) is 0.252. The van der Waals surface area contributed by atoms with Gasteiger partial charge in [0.15, 0.2) is 0 Å². The number of carbonyl (C=O) groups excluding carboxylic acids is 2. The predicted octanol–water partition coefficient (Wildman–Crippen LogP) is 5.14. The summed E-state index contributed by atoms with van der Waals surface area (Å²) < 4.78 is 0. The zero-order valence-corrected chi connectivity index (χ0v) is 21.8. The lowest BCUT2D eigenvalue weighted by molar-refractivity contribution is -0.135. The third kappa shape index (κ3) is 7.09. The van der Waals surface area contributed by atoms with Crippen LogP contribution in [-0.2, 0) is 9.59 Å². The second kappa shape index (κ2) is 12.5. The van der Waals surface area contributed by atoms with E-state index in [9.17, 15) is 19.6 Å². The Morgan fingerprint density at radius 3 is 2.28 bits per heavy atom. The van der Waals surface area contributed by atoms with Crippen molar-refractivity contribution in [2.24, 2.45) is 0 Å². The number of rotatable bonds is 9. The van der Waals surface area contributed by atoms with Gasteiger partial charge in [0, 0.05) is 22.4 Å². The fourth-order valence-electron chi connectivity index (χ4n) is 3.75. The van der Waals surface area contributed by atoms with E-state index in [0.29, 0.717) is 22.0 Å². The second-order valence-corrected chi connectivity index (χ2v) is 9.53. The summed E-state index contributed by atoms with van der Waals surface area (Å²) >= 11 is 1.17. The molecule has 0 fully saturated rings. The molecule has 4 rings (SSSR count). The first-order valence-electron chi connectivity index (χ1n) is 11.9. The minimum absolute atomic E-state index is 0.00805. The van der Waals surface area contributed by atoms with Gasteiger partial charge in [0.25, 0.3) is 5.91 Å². The number of aryl methyl sites for hydroxylation is 1. The molecule has 4 aromatic rings. The van der Waals surface area contributed by atoms with Crippen molar-refractivity contribution in [2.45, 2.75) is 11.9 Å². The van der Waals surface area contributed by atoms with E-state index in [1.165, 1.54) is 23.9 Å². The van der Waals surface area contributed by atoms with E-state index in [2.05, 4.69) is 16.7 Å². The fraction of sp³-hybridized carbons (Fsp3) is 0.100. The summed E-state index contributed by atoms with van der Waals surface area (Å²) in [4.78, 5) is 40.1. The van der Waals surface area contributed by atoms with Gasteiger partial charge in [0.2, 0.25) is 5.91 Å². The number of nitriles is 1. The molecule has 0 unspecified atom stereocenters. The van der Waals surface area contributed by atoms with E-state index in [1.54, 1.807) is 12.1 Å². The summed E-state index contributed by atoms with van der Waals surface area (Å²) in [6.45, 7) is 1.52. The van der Waals surface area contributed by atoms with Crippen LogP contribution in [0.5, 0.6) is 0 Å². The summed E-state index contributed by atoms with van der Waals surface area (Å²) in [5, 5.41) is 24.2. The molecular weight excluding hydrogens is 512 g/mol. The average molecular weight is 537 g/mol. The summed E-state index contributed by atoms with van der Waals surface area (Å²) in [7, 11) is 0. The van der Waals surface area contributed by atoms with Crippen LogP contribution in [0.25, 0.3) is 22.4 Å². The van der Waals surface area contributed by atoms with Gasteiger partial charge >= 0.3 is 5.97 Å². The summed E-state index contributed by atoms with van der Waals surface area (Å²) in [5.74, 6) is -1.97. The smallest absolute Gasteiger partial charge is 0.322 e. The van der Waals surface area contributed by atoms with Crippen molar-refractivity contribution in [3.05, 3.63) is 102 Å². The van der Waals surface area contributed by atoms with Crippen LogP contribution in [0.2, 0.25) is 0 Å². The van der Waals surface area contributed by atoms with Gasteiger partial charge in [-0.25, -0.2) is 4.98 Å². The maximum absolute atomic E-state index is 12.7. The molecule has 9 heteroatoms. The van der Waals surface area contributed by atoms with Crippen molar-refractivity contribution in [3.8, 4) is 28.5 Å². The summed E-state index contributed by atoms with van der Waals surface area (Å²) in [6, 6.07) is 27.8. The first kappa shape index (κ1) is 27.1. The Morgan fingerprint density at radius 2 is 1.64 bits per heavy atom. The number of hydrogen-bond donors (Lipinski definition) is 3. The molecule has 39 heavy (non-hydrogen) atoms. The van der Waals surface area contributed by atoms with E-state index in [-0.39, 0.29) is 17.2 Å². The number of carboxylic acid groups (broad SMARTS) is 1. The van der Waals surface area contributed by atoms with Crippen molar-refractivity contribution in [1.29, 1.82) is 5.26 Å². The molecule has 0 atom stereocenters. The molecular formula is C30H24N4O4S. The second-order valence-electron chi connectivity index (χ2n) is 8.57. The number of thioether (sulfide) groups is 1. The highest BCUT2D eigenvalue weighted by Crippen LogP contribution is 2.34. The lowest BCUT2D eigenvalue weighted by Gasteiger charge is -2.13. The van der Waals surface area contributed by atoms with Crippen molar-refractivity contribution >= 4 is 35.2 Å². The van der Waals surface area contributed by atoms with E-state index >= 15 is 0 Å². The number of carboxylic acids is 1. The van der Waals surface area contributed by atoms with Crippen LogP contribution in [0.3, 0.4) is 0 Å². The minimum Gasteiger partial charge on any atom is -0.480 e. The first-order valence-corrected chi connectivity index (χ1v) is 12.9. The first-order chi connectivity index (χ1) is 18.8. The molecule has 194 valence electrons. The van der Waals surface area contributed by atoms with E-state index < -0.39 is 18.4 Å². The lowest BCUT2D eigenvalue weighted by Crippen LogP contribution is -2.29. The Bertz CT molecular complexity index is 1550. The van der Waals surface area contributed by atoms with Crippen LogP contribution < -0.4 is 10.6 Å². The molecule has 0 aliphatic carbocycles. The van der Waals surface area contributed by atoms with Gasteiger partial charge in [-0.1, -0.05) is 71.9 Å². The van der Waals surface area contributed by atoms with Crippen LogP contribution in [0, 0.1) is 18.3 Å². The van der Waals surface area contributed by atoms with Gasteiger partial charge in [0.1, 0.15) is 17.6 Å². The Morgan fingerprint density at radius 1 is 0.949 bits per heavy atom. The SMILES string of the molecule is Cc1ccc(-c2cc(-c3ccccc3)nc(SCC(=O)Nc3ccc(C(=O)NCC(=O)O)cc3)c2C#N)cc1. The number of amides is 2. The number of pyridine rings is 1. The number of anilines is 1. The average Bonchev–Trinajstić information content (AvgIpc) is 2.95.